The largest absolute Gasteiger partial charge is 0.491 e. The van der Waals surface area contributed by atoms with E-state index in [0.29, 0.717) is 5.88 Å². The number of hydrogen-bond donors (Lipinski definition) is 0. The molecule has 1 aromatic rings. The van der Waals surface area contributed by atoms with Crippen LogP contribution >= 0.6 is 11.6 Å². The lowest BCUT2D eigenvalue weighted by Gasteiger charge is -2.12. The van der Waals surface area contributed by atoms with Crippen LogP contribution in [0, 0.1) is 0 Å². The van der Waals surface area contributed by atoms with Crippen LogP contribution in [-0.2, 0) is 0 Å². The van der Waals surface area contributed by atoms with Crippen molar-refractivity contribution in [2.75, 3.05) is 5.88 Å². The van der Waals surface area contributed by atoms with Crippen molar-refractivity contribution in [1.82, 2.24) is 0 Å². The topological polar surface area (TPSA) is 9.23 Å². The van der Waals surface area contributed by atoms with Crippen LogP contribution in [0.25, 0.3) is 0 Å². The molecule has 0 radical (unpaired) electrons. The quantitative estimate of drug-likeness (QED) is 0.654. The third kappa shape index (κ3) is 3.14. The molecule has 0 aromatic heterocycles. The SMILES string of the molecule is CC(CCCl)Oc1ccccc1. The van der Waals surface area contributed by atoms with E-state index in [4.69, 9.17) is 16.3 Å². The Morgan fingerprint density at radius 2 is 2.00 bits per heavy atom. The Bertz CT molecular complexity index is 210. The first-order valence-corrected chi connectivity index (χ1v) is 4.64. The van der Waals surface area contributed by atoms with Crippen LogP contribution in [0.2, 0.25) is 0 Å². The van der Waals surface area contributed by atoms with E-state index in [1.54, 1.807) is 0 Å². The highest BCUT2D eigenvalue weighted by Gasteiger charge is 2.01. The Balaban J connectivity index is 2.41. The number of alkyl halides is 1. The molecule has 1 unspecified atom stereocenters. The van der Waals surface area contributed by atoms with E-state index < -0.39 is 0 Å². The molecule has 0 fully saturated rings. The van der Waals surface area contributed by atoms with E-state index in [1.807, 2.05) is 37.3 Å². The van der Waals surface area contributed by atoms with Crippen molar-refractivity contribution in [2.24, 2.45) is 0 Å². The van der Waals surface area contributed by atoms with Crippen LogP contribution in [0.5, 0.6) is 5.75 Å². The second-order valence-electron chi connectivity index (χ2n) is 2.72. The van der Waals surface area contributed by atoms with E-state index in [-0.39, 0.29) is 6.10 Å². The zero-order chi connectivity index (χ0) is 8.81. The van der Waals surface area contributed by atoms with Crippen LogP contribution in [0.4, 0.5) is 0 Å². The minimum absolute atomic E-state index is 0.199. The molecule has 0 aliphatic carbocycles. The second-order valence-corrected chi connectivity index (χ2v) is 3.10. The first-order valence-electron chi connectivity index (χ1n) is 4.10. The molecule has 66 valence electrons. The van der Waals surface area contributed by atoms with Crippen molar-refractivity contribution < 1.29 is 4.74 Å². The third-order valence-corrected chi connectivity index (χ3v) is 1.81. The Morgan fingerprint density at radius 1 is 1.33 bits per heavy atom. The maximum atomic E-state index is 5.58. The zero-order valence-electron chi connectivity index (χ0n) is 7.16. The van der Waals surface area contributed by atoms with Crippen molar-refractivity contribution in [3.05, 3.63) is 30.3 Å². The Hall–Kier alpha value is -0.690. The van der Waals surface area contributed by atoms with Crippen molar-refractivity contribution >= 4 is 11.6 Å². The molecule has 0 spiro atoms. The van der Waals surface area contributed by atoms with Gasteiger partial charge in [0.05, 0.1) is 6.10 Å². The van der Waals surface area contributed by atoms with Gasteiger partial charge in [-0.05, 0) is 25.5 Å². The first-order chi connectivity index (χ1) is 5.83. The van der Waals surface area contributed by atoms with Crippen molar-refractivity contribution in [3.8, 4) is 5.75 Å². The number of ether oxygens (including phenoxy) is 1. The molecule has 0 aliphatic rings. The molecule has 0 saturated carbocycles. The van der Waals surface area contributed by atoms with Crippen LogP contribution in [0.15, 0.2) is 30.3 Å². The van der Waals surface area contributed by atoms with Gasteiger partial charge in [-0.3, -0.25) is 0 Å². The highest BCUT2D eigenvalue weighted by Crippen LogP contribution is 2.12. The summed E-state index contributed by atoms with van der Waals surface area (Å²) in [6, 6.07) is 9.79. The fraction of sp³-hybridized carbons (Fsp3) is 0.400. The Labute approximate surface area is 78.3 Å². The van der Waals surface area contributed by atoms with Crippen LogP contribution in [0.3, 0.4) is 0 Å². The summed E-state index contributed by atoms with van der Waals surface area (Å²) >= 11 is 5.58. The van der Waals surface area contributed by atoms with E-state index in [2.05, 4.69) is 0 Å². The lowest BCUT2D eigenvalue weighted by molar-refractivity contribution is 0.218. The third-order valence-electron chi connectivity index (χ3n) is 1.60. The summed E-state index contributed by atoms with van der Waals surface area (Å²) in [4.78, 5) is 0. The molecule has 12 heavy (non-hydrogen) atoms. The minimum atomic E-state index is 0.199. The predicted molar refractivity (Wildman–Crippen MR) is 51.9 cm³/mol. The fourth-order valence-electron chi connectivity index (χ4n) is 0.944. The Morgan fingerprint density at radius 3 is 2.58 bits per heavy atom. The number of para-hydroxylation sites is 1. The van der Waals surface area contributed by atoms with Crippen molar-refractivity contribution in [1.29, 1.82) is 0 Å². The van der Waals surface area contributed by atoms with Gasteiger partial charge in [0.1, 0.15) is 5.75 Å². The van der Waals surface area contributed by atoms with E-state index in [1.165, 1.54) is 0 Å². The average molecular weight is 185 g/mol. The number of benzene rings is 1. The van der Waals surface area contributed by atoms with Crippen molar-refractivity contribution in [2.45, 2.75) is 19.4 Å². The van der Waals surface area contributed by atoms with Crippen LogP contribution in [-0.4, -0.2) is 12.0 Å². The van der Waals surface area contributed by atoms with Gasteiger partial charge >= 0.3 is 0 Å². The van der Waals surface area contributed by atoms with Gasteiger partial charge in [-0.1, -0.05) is 18.2 Å². The van der Waals surface area contributed by atoms with Gasteiger partial charge < -0.3 is 4.74 Å². The fourth-order valence-corrected chi connectivity index (χ4v) is 1.25. The molecule has 0 aliphatic heterocycles. The molecule has 0 saturated heterocycles. The summed E-state index contributed by atoms with van der Waals surface area (Å²) < 4.78 is 5.57. The highest BCUT2D eigenvalue weighted by molar-refractivity contribution is 6.17. The van der Waals surface area contributed by atoms with E-state index in [9.17, 15) is 0 Å². The van der Waals surface area contributed by atoms with E-state index in [0.717, 1.165) is 12.2 Å². The maximum Gasteiger partial charge on any atom is 0.119 e. The number of rotatable bonds is 4. The van der Waals surface area contributed by atoms with Crippen molar-refractivity contribution in [3.63, 3.8) is 0 Å². The molecule has 0 amide bonds. The second kappa shape index (κ2) is 5.04. The van der Waals surface area contributed by atoms with Gasteiger partial charge in [-0.2, -0.15) is 0 Å². The summed E-state index contributed by atoms with van der Waals surface area (Å²) in [5.41, 5.74) is 0. The van der Waals surface area contributed by atoms with Gasteiger partial charge in [0.25, 0.3) is 0 Å². The summed E-state index contributed by atoms with van der Waals surface area (Å²) in [5, 5.41) is 0. The molecular weight excluding hydrogens is 172 g/mol. The lowest BCUT2D eigenvalue weighted by atomic mass is 10.3. The number of halogens is 1. The van der Waals surface area contributed by atoms with Gasteiger partial charge in [-0.25, -0.2) is 0 Å². The van der Waals surface area contributed by atoms with E-state index >= 15 is 0 Å². The van der Waals surface area contributed by atoms with Gasteiger partial charge in [0.2, 0.25) is 0 Å². The van der Waals surface area contributed by atoms with Gasteiger partial charge in [-0.15, -0.1) is 11.6 Å². The smallest absolute Gasteiger partial charge is 0.119 e. The summed E-state index contributed by atoms with van der Waals surface area (Å²) in [6.45, 7) is 2.02. The zero-order valence-corrected chi connectivity index (χ0v) is 7.92. The summed E-state index contributed by atoms with van der Waals surface area (Å²) in [6.07, 6.45) is 1.08. The maximum absolute atomic E-state index is 5.58. The predicted octanol–water partition coefficient (Wildman–Crippen LogP) is 3.08. The normalized spacial score (nSPS) is 12.5. The molecule has 0 bridgehead atoms. The van der Waals surface area contributed by atoms with Gasteiger partial charge in [0.15, 0.2) is 0 Å². The Kier molecular flexibility index (Phi) is 3.95. The summed E-state index contributed by atoms with van der Waals surface area (Å²) in [5.74, 6) is 1.56. The number of hydrogen-bond acceptors (Lipinski definition) is 1. The molecule has 1 atom stereocenters. The minimum Gasteiger partial charge on any atom is -0.491 e. The molecule has 1 nitrogen and oxygen atoms in total. The average Bonchev–Trinajstić information content (AvgIpc) is 2.06. The summed E-state index contributed by atoms with van der Waals surface area (Å²) in [7, 11) is 0. The lowest BCUT2D eigenvalue weighted by Crippen LogP contribution is -2.11. The van der Waals surface area contributed by atoms with Crippen LogP contribution in [0.1, 0.15) is 13.3 Å². The van der Waals surface area contributed by atoms with Gasteiger partial charge in [0, 0.05) is 5.88 Å². The molecule has 2 heteroatoms. The highest BCUT2D eigenvalue weighted by atomic mass is 35.5. The monoisotopic (exact) mass is 184 g/mol. The molecule has 0 heterocycles. The molecule has 0 N–H and O–H groups in total. The standard InChI is InChI=1S/C10H13ClO/c1-9(7-8-11)12-10-5-3-2-4-6-10/h2-6,9H,7-8H2,1H3. The first kappa shape index (κ1) is 9.40. The molecule has 1 aromatic carbocycles. The van der Waals surface area contributed by atoms with Crippen LogP contribution < -0.4 is 4.74 Å². The molecular formula is C10H13ClO. The molecule has 1 rings (SSSR count).